The molecule has 0 bridgehead atoms. The lowest BCUT2D eigenvalue weighted by Gasteiger charge is -2.23. The first-order chi connectivity index (χ1) is 7.75. The van der Waals surface area contributed by atoms with Crippen molar-refractivity contribution in [3.05, 3.63) is 35.9 Å². The van der Waals surface area contributed by atoms with E-state index in [1.807, 2.05) is 6.07 Å². The molecule has 1 aliphatic rings. The molecule has 3 nitrogen and oxygen atoms in total. The first-order valence-corrected chi connectivity index (χ1v) is 5.95. The molecule has 2 rings (SSSR count). The van der Waals surface area contributed by atoms with E-state index in [0.717, 1.165) is 32.5 Å². The minimum Gasteiger partial charge on any atom is -0.391 e. The van der Waals surface area contributed by atoms with Gasteiger partial charge in [0.05, 0.1) is 6.10 Å². The molecule has 1 aromatic carbocycles. The van der Waals surface area contributed by atoms with Crippen molar-refractivity contribution >= 4 is 0 Å². The molecule has 0 radical (unpaired) electrons. The van der Waals surface area contributed by atoms with Gasteiger partial charge in [0.15, 0.2) is 0 Å². The number of rotatable bonds is 2. The van der Waals surface area contributed by atoms with Gasteiger partial charge in [-0.05, 0) is 24.9 Å². The standard InChI is InChI=1S/C13H20N2O/c14-12-10-15(8-4-7-13(12)16)9-11-5-2-1-3-6-11/h1-3,5-6,12-13,16H,4,7-10,14H2. The van der Waals surface area contributed by atoms with E-state index in [4.69, 9.17) is 5.73 Å². The highest BCUT2D eigenvalue weighted by molar-refractivity contribution is 5.14. The third-order valence-corrected chi connectivity index (χ3v) is 3.19. The summed E-state index contributed by atoms with van der Waals surface area (Å²) in [5.41, 5.74) is 7.24. The highest BCUT2D eigenvalue weighted by Gasteiger charge is 2.22. The molecule has 1 aromatic rings. The number of likely N-dealkylation sites (tertiary alicyclic amines) is 1. The number of nitrogens with zero attached hydrogens (tertiary/aromatic N) is 1. The average molecular weight is 220 g/mol. The molecule has 0 spiro atoms. The SMILES string of the molecule is NC1CN(Cc2ccccc2)CCCC1O. The van der Waals surface area contributed by atoms with E-state index < -0.39 is 0 Å². The molecule has 1 fully saturated rings. The molecule has 2 atom stereocenters. The zero-order valence-corrected chi connectivity index (χ0v) is 9.55. The minimum absolute atomic E-state index is 0.105. The Bertz CT molecular complexity index is 315. The maximum Gasteiger partial charge on any atom is 0.0704 e. The van der Waals surface area contributed by atoms with Gasteiger partial charge in [0.25, 0.3) is 0 Å². The summed E-state index contributed by atoms with van der Waals surface area (Å²) in [5, 5.41) is 9.69. The molecule has 1 saturated heterocycles. The fourth-order valence-corrected chi connectivity index (χ4v) is 2.23. The smallest absolute Gasteiger partial charge is 0.0704 e. The van der Waals surface area contributed by atoms with Crippen LogP contribution in [-0.2, 0) is 6.54 Å². The number of nitrogens with two attached hydrogens (primary N) is 1. The second-order valence-corrected chi connectivity index (χ2v) is 4.59. The molecule has 0 saturated carbocycles. The van der Waals surface area contributed by atoms with Crippen LogP contribution in [0.1, 0.15) is 18.4 Å². The Hall–Kier alpha value is -0.900. The Morgan fingerprint density at radius 3 is 2.81 bits per heavy atom. The largest absolute Gasteiger partial charge is 0.391 e. The Morgan fingerprint density at radius 1 is 1.31 bits per heavy atom. The van der Waals surface area contributed by atoms with E-state index >= 15 is 0 Å². The summed E-state index contributed by atoms with van der Waals surface area (Å²) in [6, 6.07) is 10.3. The fraction of sp³-hybridized carbons (Fsp3) is 0.538. The predicted molar refractivity (Wildman–Crippen MR) is 64.9 cm³/mol. The van der Waals surface area contributed by atoms with Gasteiger partial charge in [-0.2, -0.15) is 0 Å². The molecule has 16 heavy (non-hydrogen) atoms. The molecule has 3 N–H and O–H groups in total. The second-order valence-electron chi connectivity index (χ2n) is 4.59. The van der Waals surface area contributed by atoms with Crippen molar-refractivity contribution in [3.8, 4) is 0 Å². The van der Waals surface area contributed by atoms with Crippen LogP contribution in [-0.4, -0.2) is 35.2 Å². The summed E-state index contributed by atoms with van der Waals surface area (Å²) in [6.45, 7) is 2.75. The fourth-order valence-electron chi connectivity index (χ4n) is 2.23. The minimum atomic E-state index is -0.333. The Kier molecular flexibility index (Phi) is 3.93. The predicted octanol–water partition coefficient (Wildman–Crippen LogP) is 0.971. The van der Waals surface area contributed by atoms with E-state index in [1.165, 1.54) is 5.56 Å². The van der Waals surface area contributed by atoms with Crippen LogP contribution in [0.3, 0.4) is 0 Å². The molecule has 0 aliphatic carbocycles. The maximum atomic E-state index is 9.69. The van der Waals surface area contributed by atoms with Gasteiger partial charge < -0.3 is 10.8 Å². The van der Waals surface area contributed by atoms with Gasteiger partial charge in [0, 0.05) is 19.1 Å². The Balaban J connectivity index is 1.95. The topological polar surface area (TPSA) is 49.5 Å². The van der Waals surface area contributed by atoms with Crippen LogP contribution < -0.4 is 5.73 Å². The van der Waals surface area contributed by atoms with E-state index in [-0.39, 0.29) is 12.1 Å². The van der Waals surface area contributed by atoms with Crippen molar-refractivity contribution in [2.45, 2.75) is 31.5 Å². The third-order valence-electron chi connectivity index (χ3n) is 3.19. The van der Waals surface area contributed by atoms with Gasteiger partial charge in [-0.25, -0.2) is 0 Å². The van der Waals surface area contributed by atoms with Crippen LogP contribution in [0.2, 0.25) is 0 Å². The number of aliphatic hydroxyl groups is 1. The van der Waals surface area contributed by atoms with Crippen LogP contribution >= 0.6 is 0 Å². The third kappa shape index (κ3) is 3.04. The summed E-state index contributed by atoms with van der Waals surface area (Å²) in [6.07, 6.45) is 1.52. The van der Waals surface area contributed by atoms with Gasteiger partial charge in [-0.1, -0.05) is 30.3 Å². The van der Waals surface area contributed by atoms with Gasteiger partial charge in [-0.3, -0.25) is 4.90 Å². The lowest BCUT2D eigenvalue weighted by Crippen LogP contribution is -2.42. The first kappa shape index (κ1) is 11.6. The number of hydrogen-bond acceptors (Lipinski definition) is 3. The summed E-state index contributed by atoms with van der Waals surface area (Å²) in [7, 11) is 0. The van der Waals surface area contributed by atoms with E-state index in [0.29, 0.717) is 0 Å². The van der Waals surface area contributed by atoms with Crippen LogP contribution in [0.15, 0.2) is 30.3 Å². The molecule has 2 unspecified atom stereocenters. The summed E-state index contributed by atoms with van der Waals surface area (Å²) >= 11 is 0. The summed E-state index contributed by atoms with van der Waals surface area (Å²) in [4.78, 5) is 2.33. The van der Waals surface area contributed by atoms with Crippen LogP contribution in [0.4, 0.5) is 0 Å². The van der Waals surface area contributed by atoms with Crippen molar-refractivity contribution in [3.63, 3.8) is 0 Å². The summed E-state index contributed by atoms with van der Waals surface area (Å²) in [5.74, 6) is 0. The van der Waals surface area contributed by atoms with E-state index in [2.05, 4.69) is 29.2 Å². The molecule has 88 valence electrons. The van der Waals surface area contributed by atoms with Gasteiger partial charge in [0.2, 0.25) is 0 Å². The zero-order valence-electron chi connectivity index (χ0n) is 9.55. The van der Waals surface area contributed by atoms with Crippen molar-refractivity contribution < 1.29 is 5.11 Å². The zero-order chi connectivity index (χ0) is 11.4. The molecule has 3 heteroatoms. The first-order valence-electron chi connectivity index (χ1n) is 5.95. The van der Waals surface area contributed by atoms with Crippen LogP contribution in [0, 0.1) is 0 Å². The number of benzene rings is 1. The molecular weight excluding hydrogens is 200 g/mol. The maximum absolute atomic E-state index is 9.69. The lowest BCUT2D eigenvalue weighted by molar-refractivity contribution is 0.132. The van der Waals surface area contributed by atoms with Crippen LogP contribution in [0.5, 0.6) is 0 Å². The quantitative estimate of drug-likeness (QED) is 0.781. The van der Waals surface area contributed by atoms with Crippen LogP contribution in [0.25, 0.3) is 0 Å². The van der Waals surface area contributed by atoms with Gasteiger partial charge >= 0.3 is 0 Å². The van der Waals surface area contributed by atoms with Crippen molar-refractivity contribution in [2.24, 2.45) is 5.73 Å². The monoisotopic (exact) mass is 220 g/mol. The number of hydrogen-bond donors (Lipinski definition) is 2. The molecule has 1 aliphatic heterocycles. The van der Waals surface area contributed by atoms with Gasteiger partial charge in [0.1, 0.15) is 0 Å². The average Bonchev–Trinajstić information content (AvgIpc) is 2.43. The second kappa shape index (κ2) is 5.43. The van der Waals surface area contributed by atoms with Gasteiger partial charge in [-0.15, -0.1) is 0 Å². The Labute approximate surface area is 96.9 Å². The van der Waals surface area contributed by atoms with E-state index in [9.17, 15) is 5.11 Å². The Morgan fingerprint density at radius 2 is 2.06 bits per heavy atom. The molecule has 1 heterocycles. The lowest BCUT2D eigenvalue weighted by atomic mass is 10.1. The highest BCUT2D eigenvalue weighted by Crippen LogP contribution is 2.13. The van der Waals surface area contributed by atoms with E-state index in [1.54, 1.807) is 0 Å². The molecule has 0 amide bonds. The van der Waals surface area contributed by atoms with Crippen molar-refractivity contribution in [1.82, 2.24) is 4.90 Å². The van der Waals surface area contributed by atoms with Crippen molar-refractivity contribution in [2.75, 3.05) is 13.1 Å². The highest BCUT2D eigenvalue weighted by atomic mass is 16.3. The summed E-state index contributed by atoms with van der Waals surface area (Å²) < 4.78 is 0. The normalized spacial score (nSPS) is 27.6. The van der Waals surface area contributed by atoms with Crippen molar-refractivity contribution in [1.29, 1.82) is 0 Å². The molecular formula is C13H20N2O. The molecule has 0 aromatic heterocycles. The number of aliphatic hydroxyl groups excluding tert-OH is 1.